The van der Waals surface area contributed by atoms with E-state index in [0.29, 0.717) is 18.5 Å². The number of hydrogen-bond donors (Lipinski definition) is 1. The maximum atomic E-state index is 10.9. The van der Waals surface area contributed by atoms with Crippen molar-refractivity contribution in [1.82, 2.24) is 14.9 Å². The van der Waals surface area contributed by atoms with Crippen molar-refractivity contribution in [2.45, 2.75) is 18.3 Å². The van der Waals surface area contributed by atoms with Crippen LogP contribution in [0, 0.1) is 11.3 Å². The van der Waals surface area contributed by atoms with Crippen LogP contribution in [0.3, 0.4) is 0 Å². The first-order chi connectivity index (χ1) is 8.97. The molecule has 1 aromatic heterocycles. The number of nitriles is 1. The average molecular weight is 301 g/mol. The number of nitrogens with zero attached hydrogens (tertiary/aromatic N) is 4. The molecule has 1 saturated heterocycles. The lowest BCUT2D eigenvalue weighted by Crippen LogP contribution is -2.44. The molecule has 1 aliphatic heterocycles. The molecule has 6 nitrogen and oxygen atoms in total. The van der Waals surface area contributed by atoms with Crippen molar-refractivity contribution in [1.29, 1.82) is 5.26 Å². The summed E-state index contributed by atoms with van der Waals surface area (Å²) in [6, 6.07) is 3.73. The fraction of sp³-hybridized carbons (Fsp3) is 0.455. The van der Waals surface area contributed by atoms with Gasteiger partial charge in [-0.05, 0) is 30.5 Å². The predicted octanol–water partition coefficient (Wildman–Crippen LogP) is 2.32. The van der Waals surface area contributed by atoms with Crippen LogP contribution in [0.25, 0.3) is 0 Å². The topological polar surface area (TPSA) is 90.1 Å². The van der Waals surface area contributed by atoms with Crippen molar-refractivity contribution in [3.05, 3.63) is 22.2 Å². The number of aromatic nitrogens is 2. The van der Waals surface area contributed by atoms with Crippen LogP contribution in [0.5, 0.6) is 0 Å². The van der Waals surface area contributed by atoms with Crippen molar-refractivity contribution in [3.8, 4) is 6.07 Å². The molecule has 2 heterocycles. The highest BCUT2D eigenvalue weighted by molar-refractivity contribution is 6.31. The lowest BCUT2D eigenvalue weighted by atomic mass is 9.77. The Morgan fingerprint density at radius 3 is 2.53 bits per heavy atom. The van der Waals surface area contributed by atoms with Crippen molar-refractivity contribution in [2.75, 3.05) is 13.1 Å². The first-order valence-corrected chi connectivity index (χ1v) is 6.32. The molecule has 0 unspecified atom stereocenters. The van der Waals surface area contributed by atoms with E-state index in [1.54, 1.807) is 0 Å². The minimum atomic E-state index is -0.981. The van der Waals surface area contributed by atoms with Crippen molar-refractivity contribution < 1.29 is 9.90 Å². The molecular formula is C11H10Cl2N4O2. The number of amides is 1. The summed E-state index contributed by atoms with van der Waals surface area (Å²) in [5.74, 6) is 0. The van der Waals surface area contributed by atoms with E-state index in [-0.39, 0.29) is 23.5 Å². The van der Waals surface area contributed by atoms with Gasteiger partial charge < -0.3 is 10.0 Å². The minimum absolute atomic E-state index is 0.0159. The maximum Gasteiger partial charge on any atom is 0.407 e. The van der Waals surface area contributed by atoms with Gasteiger partial charge in [0.25, 0.3) is 0 Å². The smallest absolute Gasteiger partial charge is 0.407 e. The van der Waals surface area contributed by atoms with Gasteiger partial charge in [0.2, 0.25) is 5.28 Å². The van der Waals surface area contributed by atoms with Crippen LogP contribution in [-0.4, -0.2) is 39.2 Å². The zero-order valence-electron chi connectivity index (χ0n) is 9.81. The molecule has 0 aliphatic carbocycles. The van der Waals surface area contributed by atoms with Crippen molar-refractivity contribution >= 4 is 29.3 Å². The lowest BCUT2D eigenvalue weighted by molar-refractivity contribution is 0.124. The molecule has 0 atom stereocenters. The number of rotatable bonds is 1. The third-order valence-electron chi connectivity index (χ3n) is 3.26. The predicted molar refractivity (Wildman–Crippen MR) is 68.2 cm³/mol. The summed E-state index contributed by atoms with van der Waals surface area (Å²) in [6.07, 6.45) is -0.260. The van der Waals surface area contributed by atoms with Crippen LogP contribution in [0.1, 0.15) is 18.5 Å². The number of likely N-dealkylation sites (tertiary alicyclic amines) is 1. The summed E-state index contributed by atoms with van der Waals surface area (Å²) in [7, 11) is 0. The third-order valence-corrected chi connectivity index (χ3v) is 3.62. The largest absolute Gasteiger partial charge is 0.465 e. The molecule has 1 N–H and O–H groups in total. The fourth-order valence-corrected chi connectivity index (χ4v) is 2.55. The number of piperidine rings is 1. The van der Waals surface area contributed by atoms with Crippen molar-refractivity contribution in [3.63, 3.8) is 0 Å². The first kappa shape index (κ1) is 13.8. The Balaban J connectivity index is 2.30. The summed E-state index contributed by atoms with van der Waals surface area (Å²) < 4.78 is 0. The summed E-state index contributed by atoms with van der Waals surface area (Å²) in [6.45, 7) is 0.560. The Morgan fingerprint density at radius 2 is 2.05 bits per heavy atom. The Bertz CT molecular complexity index is 530. The second kappa shape index (κ2) is 5.19. The highest BCUT2D eigenvalue weighted by atomic mass is 35.5. The zero-order chi connectivity index (χ0) is 14.0. The zero-order valence-corrected chi connectivity index (χ0v) is 11.3. The minimum Gasteiger partial charge on any atom is -0.465 e. The maximum absolute atomic E-state index is 10.9. The van der Waals surface area contributed by atoms with E-state index in [1.165, 1.54) is 11.0 Å². The van der Waals surface area contributed by atoms with Crippen LogP contribution in [0.15, 0.2) is 6.07 Å². The summed E-state index contributed by atoms with van der Waals surface area (Å²) in [5.41, 5.74) is -0.410. The molecule has 0 aromatic carbocycles. The number of hydrogen-bond acceptors (Lipinski definition) is 4. The normalized spacial score (nSPS) is 17.8. The molecule has 8 heteroatoms. The molecule has 0 bridgehead atoms. The first-order valence-electron chi connectivity index (χ1n) is 5.56. The second-order valence-corrected chi connectivity index (χ2v) is 5.03. The van der Waals surface area contributed by atoms with Crippen LogP contribution < -0.4 is 0 Å². The average Bonchev–Trinajstić information content (AvgIpc) is 2.37. The van der Waals surface area contributed by atoms with Gasteiger partial charge in [0.15, 0.2) is 0 Å². The van der Waals surface area contributed by atoms with Crippen molar-refractivity contribution in [2.24, 2.45) is 0 Å². The van der Waals surface area contributed by atoms with E-state index in [4.69, 9.17) is 28.3 Å². The molecule has 1 aliphatic rings. The molecule has 100 valence electrons. The van der Waals surface area contributed by atoms with Crippen LogP contribution >= 0.6 is 23.2 Å². The highest BCUT2D eigenvalue weighted by Crippen LogP contribution is 2.35. The van der Waals surface area contributed by atoms with Crippen LogP contribution in [-0.2, 0) is 5.41 Å². The van der Waals surface area contributed by atoms with E-state index in [2.05, 4.69) is 16.0 Å². The Labute approximate surface area is 119 Å². The van der Waals surface area contributed by atoms with E-state index >= 15 is 0 Å². The molecule has 0 saturated carbocycles. The monoisotopic (exact) mass is 300 g/mol. The van der Waals surface area contributed by atoms with Gasteiger partial charge in [-0.2, -0.15) is 5.26 Å². The summed E-state index contributed by atoms with van der Waals surface area (Å²) in [5, 5.41) is 18.5. The van der Waals surface area contributed by atoms with Gasteiger partial charge in [0.05, 0.1) is 11.8 Å². The number of halogens is 2. The Kier molecular flexibility index (Phi) is 3.78. The van der Waals surface area contributed by atoms with Gasteiger partial charge in [0.1, 0.15) is 10.6 Å². The Morgan fingerprint density at radius 1 is 1.42 bits per heavy atom. The quantitative estimate of drug-likeness (QED) is 0.635. The van der Waals surface area contributed by atoms with Gasteiger partial charge in [-0.15, -0.1) is 0 Å². The Hall–Kier alpha value is -1.58. The molecule has 0 spiro atoms. The second-order valence-electron chi connectivity index (χ2n) is 4.31. The van der Waals surface area contributed by atoms with Gasteiger partial charge >= 0.3 is 6.09 Å². The molecule has 19 heavy (non-hydrogen) atoms. The van der Waals surface area contributed by atoms with Crippen LogP contribution in [0.4, 0.5) is 4.79 Å². The molecule has 2 rings (SSSR count). The van der Waals surface area contributed by atoms with Gasteiger partial charge in [-0.25, -0.2) is 14.8 Å². The fourth-order valence-electron chi connectivity index (χ4n) is 2.14. The third kappa shape index (κ3) is 2.72. The van der Waals surface area contributed by atoms with Crippen LogP contribution in [0.2, 0.25) is 10.4 Å². The highest BCUT2D eigenvalue weighted by Gasteiger charge is 2.39. The molecule has 1 aromatic rings. The molecule has 1 fully saturated rings. The summed E-state index contributed by atoms with van der Waals surface area (Å²) >= 11 is 11.6. The van der Waals surface area contributed by atoms with Gasteiger partial charge in [0, 0.05) is 13.1 Å². The van der Waals surface area contributed by atoms with Gasteiger partial charge in [-0.1, -0.05) is 11.6 Å². The van der Waals surface area contributed by atoms with E-state index in [0.717, 1.165) is 0 Å². The van der Waals surface area contributed by atoms with E-state index in [1.807, 2.05) is 0 Å². The number of carbonyl (C=O) groups is 1. The molecule has 1 amide bonds. The SMILES string of the molecule is N#CC1(c2cc(Cl)nc(Cl)n2)CCN(C(=O)O)CC1. The van der Waals surface area contributed by atoms with E-state index in [9.17, 15) is 10.1 Å². The molecule has 0 radical (unpaired) electrons. The summed E-state index contributed by atoms with van der Waals surface area (Å²) in [4.78, 5) is 19.9. The number of carboxylic acid groups (broad SMARTS) is 1. The lowest BCUT2D eigenvalue weighted by Gasteiger charge is -2.35. The molecular weight excluding hydrogens is 291 g/mol. The van der Waals surface area contributed by atoms with E-state index < -0.39 is 11.5 Å². The standard InChI is InChI=1S/C11H10Cl2N4O2/c12-8-5-7(15-9(13)16-8)11(6-14)1-3-17(4-2-11)10(18)19/h5H,1-4H2,(H,18,19). The van der Waals surface area contributed by atoms with Gasteiger partial charge in [-0.3, -0.25) is 0 Å².